The molecule has 0 atom stereocenters. The molecule has 0 fully saturated rings. The van der Waals surface area contributed by atoms with Crippen LogP contribution in [0.2, 0.25) is 0 Å². The summed E-state index contributed by atoms with van der Waals surface area (Å²) < 4.78 is 0. The molecule has 0 bridgehead atoms. The average molecular weight is 202 g/mol. The van der Waals surface area contributed by atoms with Gasteiger partial charge in [-0.15, -0.1) is 0 Å². The van der Waals surface area contributed by atoms with Gasteiger partial charge >= 0.3 is 0 Å². The molecule has 2 N–H and O–H groups in total. The molecule has 0 saturated carbocycles. The summed E-state index contributed by atoms with van der Waals surface area (Å²) in [6, 6.07) is 6.93. The van der Waals surface area contributed by atoms with Crippen molar-refractivity contribution in [3.63, 3.8) is 0 Å². The summed E-state index contributed by atoms with van der Waals surface area (Å²) in [6.07, 6.45) is 4.92. The van der Waals surface area contributed by atoms with Crippen LogP contribution in [-0.4, -0.2) is 18.7 Å². The Hall–Kier alpha value is -1.79. The van der Waals surface area contributed by atoms with Gasteiger partial charge < -0.3 is 10.4 Å². The molecule has 0 heterocycles. The third-order valence-electron chi connectivity index (χ3n) is 2.01. The van der Waals surface area contributed by atoms with Crippen LogP contribution in [-0.2, 0) is 0 Å². The summed E-state index contributed by atoms with van der Waals surface area (Å²) in [5, 5.41) is 21.0. The van der Waals surface area contributed by atoms with Crippen LogP contribution in [0.5, 0.6) is 5.75 Å². The lowest BCUT2D eigenvalue weighted by atomic mass is 10.1. The SMILES string of the molecule is CNCCC=Cc1ccc(O)c(C#N)c1. The lowest BCUT2D eigenvalue weighted by Crippen LogP contribution is -2.05. The Morgan fingerprint density at radius 2 is 2.33 bits per heavy atom. The lowest BCUT2D eigenvalue weighted by molar-refractivity contribution is 0.473. The zero-order valence-corrected chi connectivity index (χ0v) is 8.70. The fraction of sp³-hybridized carbons (Fsp3) is 0.250. The molecule has 0 saturated heterocycles. The Bertz CT molecular complexity index is 391. The first kappa shape index (κ1) is 11.3. The van der Waals surface area contributed by atoms with Gasteiger partial charge in [0, 0.05) is 0 Å². The predicted molar refractivity (Wildman–Crippen MR) is 60.4 cm³/mol. The summed E-state index contributed by atoms with van der Waals surface area (Å²) in [5.74, 6) is 0.0323. The second-order valence-corrected chi connectivity index (χ2v) is 3.18. The van der Waals surface area contributed by atoms with Crippen molar-refractivity contribution in [3.05, 3.63) is 35.4 Å². The van der Waals surface area contributed by atoms with Crippen LogP contribution >= 0.6 is 0 Å². The van der Waals surface area contributed by atoms with Crippen molar-refractivity contribution in [2.45, 2.75) is 6.42 Å². The molecule has 78 valence electrons. The highest BCUT2D eigenvalue weighted by Gasteiger charge is 1.98. The molecule has 15 heavy (non-hydrogen) atoms. The van der Waals surface area contributed by atoms with Gasteiger partial charge in [-0.25, -0.2) is 0 Å². The summed E-state index contributed by atoms with van der Waals surface area (Å²) in [5.41, 5.74) is 1.24. The standard InChI is InChI=1S/C12H14N2O/c1-14-7-3-2-4-10-5-6-12(15)11(8-10)9-13/h2,4-6,8,14-15H,3,7H2,1H3. The lowest BCUT2D eigenvalue weighted by Gasteiger charge is -1.97. The van der Waals surface area contributed by atoms with Gasteiger partial charge in [-0.05, 0) is 37.7 Å². The number of rotatable bonds is 4. The van der Waals surface area contributed by atoms with Gasteiger partial charge in [0.15, 0.2) is 0 Å². The molecule has 0 radical (unpaired) electrons. The molecule has 0 aliphatic carbocycles. The highest BCUT2D eigenvalue weighted by atomic mass is 16.3. The van der Waals surface area contributed by atoms with Crippen LogP contribution in [0.1, 0.15) is 17.5 Å². The van der Waals surface area contributed by atoms with E-state index in [1.165, 1.54) is 6.07 Å². The molecule has 0 spiro atoms. The minimum Gasteiger partial charge on any atom is -0.507 e. The molecule has 0 aliphatic heterocycles. The molecule has 0 amide bonds. The first-order valence-corrected chi connectivity index (χ1v) is 4.82. The molecule has 3 nitrogen and oxygen atoms in total. The maximum atomic E-state index is 9.29. The van der Waals surface area contributed by atoms with Gasteiger partial charge in [0.05, 0.1) is 5.56 Å². The van der Waals surface area contributed by atoms with Crippen molar-refractivity contribution in [3.8, 4) is 11.8 Å². The molecule has 3 heteroatoms. The van der Waals surface area contributed by atoms with Crippen molar-refractivity contribution < 1.29 is 5.11 Å². The zero-order chi connectivity index (χ0) is 11.1. The number of nitrogens with one attached hydrogen (secondary N) is 1. The largest absolute Gasteiger partial charge is 0.507 e. The molecular formula is C12H14N2O. The molecule has 0 aliphatic rings. The van der Waals surface area contributed by atoms with Crippen molar-refractivity contribution in [2.75, 3.05) is 13.6 Å². The number of benzene rings is 1. The summed E-state index contributed by atoms with van der Waals surface area (Å²) >= 11 is 0. The van der Waals surface area contributed by atoms with E-state index in [9.17, 15) is 5.11 Å². The van der Waals surface area contributed by atoms with E-state index >= 15 is 0 Å². The van der Waals surface area contributed by atoms with Crippen LogP contribution in [0.3, 0.4) is 0 Å². The first-order chi connectivity index (χ1) is 7.27. The van der Waals surface area contributed by atoms with Gasteiger partial charge in [-0.3, -0.25) is 0 Å². The van der Waals surface area contributed by atoms with E-state index in [0.29, 0.717) is 5.56 Å². The van der Waals surface area contributed by atoms with Crippen molar-refractivity contribution in [1.82, 2.24) is 5.32 Å². The Kier molecular flexibility index (Phi) is 4.39. The van der Waals surface area contributed by atoms with Crippen molar-refractivity contribution in [1.29, 1.82) is 5.26 Å². The van der Waals surface area contributed by atoms with Crippen LogP contribution in [0.4, 0.5) is 0 Å². The second kappa shape index (κ2) is 5.84. The van der Waals surface area contributed by atoms with E-state index in [2.05, 4.69) is 5.32 Å². The highest BCUT2D eigenvalue weighted by molar-refractivity contribution is 5.56. The minimum absolute atomic E-state index is 0.0323. The third kappa shape index (κ3) is 3.45. The second-order valence-electron chi connectivity index (χ2n) is 3.18. The molecular weight excluding hydrogens is 188 g/mol. The molecule has 0 unspecified atom stereocenters. The summed E-state index contributed by atoms with van der Waals surface area (Å²) in [7, 11) is 1.90. The van der Waals surface area contributed by atoms with E-state index in [1.807, 2.05) is 25.3 Å². The van der Waals surface area contributed by atoms with Gasteiger partial charge in [-0.1, -0.05) is 18.2 Å². The minimum atomic E-state index is 0.0323. The monoisotopic (exact) mass is 202 g/mol. The van der Waals surface area contributed by atoms with Gasteiger partial charge in [0.2, 0.25) is 0 Å². The number of hydrogen-bond acceptors (Lipinski definition) is 3. The van der Waals surface area contributed by atoms with E-state index in [4.69, 9.17) is 5.26 Å². The Morgan fingerprint density at radius 3 is 3.00 bits per heavy atom. The maximum absolute atomic E-state index is 9.29. The van der Waals surface area contributed by atoms with Crippen LogP contribution < -0.4 is 5.32 Å². The number of nitrogens with zero attached hydrogens (tertiary/aromatic N) is 1. The van der Waals surface area contributed by atoms with Gasteiger partial charge in [0.1, 0.15) is 11.8 Å². The van der Waals surface area contributed by atoms with Crippen molar-refractivity contribution >= 4 is 6.08 Å². The number of nitriles is 1. The van der Waals surface area contributed by atoms with Crippen LogP contribution in [0.25, 0.3) is 6.08 Å². The predicted octanol–water partition coefficient (Wildman–Crippen LogP) is 1.89. The number of phenolic OH excluding ortho intramolecular Hbond substituents is 1. The average Bonchev–Trinajstić information content (AvgIpc) is 2.26. The summed E-state index contributed by atoms with van der Waals surface area (Å²) in [6.45, 7) is 0.930. The van der Waals surface area contributed by atoms with Crippen LogP contribution in [0.15, 0.2) is 24.3 Å². The Balaban J connectivity index is 2.71. The fourth-order valence-electron chi connectivity index (χ4n) is 1.19. The number of aromatic hydroxyl groups is 1. The molecule has 1 aromatic carbocycles. The van der Waals surface area contributed by atoms with E-state index in [-0.39, 0.29) is 5.75 Å². The number of phenols is 1. The fourth-order valence-corrected chi connectivity index (χ4v) is 1.19. The van der Waals surface area contributed by atoms with Gasteiger partial charge in [-0.2, -0.15) is 5.26 Å². The van der Waals surface area contributed by atoms with E-state index in [0.717, 1.165) is 18.5 Å². The smallest absolute Gasteiger partial charge is 0.133 e. The summed E-state index contributed by atoms with van der Waals surface area (Å²) in [4.78, 5) is 0. The quantitative estimate of drug-likeness (QED) is 0.733. The van der Waals surface area contributed by atoms with Crippen LogP contribution in [0, 0.1) is 11.3 Å². The molecule has 0 aromatic heterocycles. The van der Waals surface area contributed by atoms with E-state index < -0.39 is 0 Å². The van der Waals surface area contributed by atoms with E-state index in [1.54, 1.807) is 12.1 Å². The highest BCUT2D eigenvalue weighted by Crippen LogP contribution is 2.17. The molecule has 1 aromatic rings. The maximum Gasteiger partial charge on any atom is 0.133 e. The molecule has 1 rings (SSSR count). The van der Waals surface area contributed by atoms with Gasteiger partial charge in [0.25, 0.3) is 0 Å². The first-order valence-electron chi connectivity index (χ1n) is 4.82. The third-order valence-corrected chi connectivity index (χ3v) is 2.01. The normalized spacial score (nSPS) is 10.4. The Labute approximate surface area is 89.7 Å². The topological polar surface area (TPSA) is 56.0 Å². The Morgan fingerprint density at radius 1 is 1.53 bits per heavy atom. The van der Waals surface area contributed by atoms with Crippen molar-refractivity contribution in [2.24, 2.45) is 0 Å². The zero-order valence-electron chi connectivity index (χ0n) is 8.70. The number of hydrogen-bond donors (Lipinski definition) is 2.